The second-order valence-electron chi connectivity index (χ2n) is 2.58. The molecule has 0 atom stereocenters. The second kappa shape index (κ2) is 5.13. The molecule has 5 heteroatoms. The molecule has 0 aromatic heterocycles. The van der Waals surface area contributed by atoms with E-state index in [1.807, 2.05) is 0 Å². The molecule has 0 spiro atoms. The largest absolute Gasteiger partial charge is 0.452 e. The maximum atomic E-state index is 10.8. The summed E-state index contributed by atoms with van der Waals surface area (Å²) in [6.07, 6.45) is 4.60. The Balaban J connectivity index is 2.76. The van der Waals surface area contributed by atoms with Crippen molar-refractivity contribution in [2.75, 3.05) is 12.5 Å². The first-order chi connectivity index (χ1) is 7.17. The molecule has 1 aromatic rings. The average Bonchev–Trinajstić information content (AvgIpc) is 2.27. The van der Waals surface area contributed by atoms with E-state index in [2.05, 4.69) is 21.5 Å². The van der Waals surface area contributed by atoms with Gasteiger partial charge in [0.25, 0.3) is 0 Å². The number of halogens is 1. The van der Waals surface area contributed by atoms with Gasteiger partial charge in [0.15, 0.2) is 0 Å². The predicted octanol–water partition coefficient (Wildman–Crippen LogP) is 2.00. The van der Waals surface area contributed by atoms with Crippen LogP contribution in [-0.4, -0.2) is 13.2 Å². The van der Waals surface area contributed by atoms with Crippen molar-refractivity contribution in [1.29, 1.82) is 0 Å². The van der Waals surface area contributed by atoms with Gasteiger partial charge >= 0.3 is 6.09 Å². The highest BCUT2D eigenvalue weighted by molar-refractivity contribution is 6.33. The van der Waals surface area contributed by atoms with Crippen LogP contribution in [0.5, 0.6) is 0 Å². The van der Waals surface area contributed by atoms with Crippen LogP contribution in [0.3, 0.4) is 0 Å². The summed E-state index contributed by atoms with van der Waals surface area (Å²) in [5.41, 5.74) is 6.04. The molecular formula is C10H9ClN2O2. The summed E-state index contributed by atoms with van der Waals surface area (Å²) in [5, 5.41) is 0.449. The first-order valence-electron chi connectivity index (χ1n) is 4.03. The highest BCUT2D eigenvalue weighted by Crippen LogP contribution is 2.21. The average molecular weight is 225 g/mol. The van der Waals surface area contributed by atoms with Crippen molar-refractivity contribution in [3.05, 3.63) is 28.8 Å². The van der Waals surface area contributed by atoms with Gasteiger partial charge in [-0.15, -0.1) is 6.42 Å². The van der Waals surface area contributed by atoms with Crippen LogP contribution in [0.4, 0.5) is 10.5 Å². The number of hydrogen-bond acceptors (Lipinski definition) is 3. The van der Waals surface area contributed by atoms with Gasteiger partial charge in [0, 0.05) is 5.56 Å². The molecule has 0 aliphatic rings. The van der Waals surface area contributed by atoms with Crippen molar-refractivity contribution in [2.45, 2.75) is 0 Å². The lowest BCUT2D eigenvalue weighted by Crippen LogP contribution is -2.29. The number of rotatable bonds is 2. The fraction of sp³-hybridized carbons (Fsp3) is 0.100. The van der Waals surface area contributed by atoms with Gasteiger partial charge < -0.3 is 4.74 Å². The summed E-state index contributed by atoms with van der Waals surface area (Å²) in [4.78, 5) is 10.8. The Morgan fingerprint density at radius 1 is 1.60 bits per heavy atom. The van der Waals surface area contributed by atoms with E-state index in [1.165, 1.54) is 7.11 Å². The number of nitrogens with one attached hydrogen (secondary N) is 2. The molecule has 0 unspecified atom stereocenters. The highest BCUT2D eigenvalue weighted by Gasteiger charge is 2.02. The van der Waals surface area contributed by atoms with Gasteiger partial charge in [-0.1, -0.05) is 17.5 Å². The molecule has 2 N–H and O–H groups in total. The summed E-state index contributed by atoms with van der Waals surface area (Å²) in [7, 11) is 1.26. The maximum absolute atomic E-state index is 10.8. The molecule has 1 rings (SSSR count). The van der Waals surface area contributed by atoms with Crippen LogP contribution in [0, 0.1) is 12.3 Å². The minimum Gasteiger partial charge on any atom is -0.452 e. The SMILES string of the molecule is C#Cc1ccc(Cl)c(NNC(=O)OC)c1. The van der Waals surface area contributed by atoms with E-state index in [4.69, 9.17) is 18.0 Å². The fourth-order valence-electron chi connectivity index (χ4n) is 0.880. The van der Waals surface area contributed by atoms with E-state index in [0.717, 1.165) is 0 Å². The van der Waals surface area contributed by atoms with Crippen LogP contribution in [0.15, 0.2) is 18.2 Å². The lowest BCUT2D eigenvalue weighted by molar-refractivity contribution is 0.173. The number of ether oxygens (including phenoxy) is 1. The molecule has 0 aliphatic heterocycles. The number of benzene rings is 1. The number of terminal acetylenes is 1. The molecule has 78 valence electrons. The number of carbonyl (C=O) groups is 1. The molecule has 0 radical (unpaired) electrons. The molecule has 0 heterocycles. The maximum Gasteiger partial charge on any atom is 0.425 e. The van der Waals surface area contributed by atoms with E-state index in [-0.39, 0.29) is 0 Å². The number of carbonyl (C=O) groups excluding carboxylic acids is 1. The number of anilines is 1. The number of methoxy groups -OCH3 is 1. The zero-order valence-electron chi connectivity index (χ0n) is 8.00. The van der Waals surface area contributed by atoms with Crippen molar-refractivity contribution in [3.63, 3.8) is 0 Å². The third-order valence-electron chi connectivity index (χ3n) is 1.62. The first-order valence-corrected chi connectivity index (χ1v) is 4.41. The fourth-order valence-corrected chi connectivity index (χ4v) is 1.05. The van der Waals surface area contributed by atoms with Crippen LogP contribution >= 0.6 is 11.6 Å². The van der Waals surface area contributed by atoms with Crippen LogP contribution < -0.4 is 10.9 Å². The number of hydrogen-bond donors (Lipinski definition) is 2. The summed E-state index contributed by atoms with van der Waals surface area (Å²) >= 11 is 5.86. The Bertz CT molecular complexity index is 412. The quantitative estimate of drug-likeness (QED) is 0.597. The van der Waals surface area contributed by atoms with Gasteiger partial charge in [-0.2, -0.15) is 0 Å². The smallest absolute Gasteiger partial charge is 0.425 e. The Morgan fingerprint density at radius 3 is 2.93 bits per heavy atom. The Morgan fingerprint density at radius 2 is 2.33 bits per heavy atom. The van der Waals surface area contributed by atoms with Crippen LogP contribution in [0.2, 0.25) is 5.02 Å². The standard InChI is InChI=1S/C10H9ClN2O2/c1-3-7-4-5-8(11)9(6-7)12-13-10(14)15-2/h1,4-6,12H,2H3,(H,13,14). The van der Waals surface area contributed by atoms with Crippen LogP contribution in [-0.2, 0) is 4.74 Å². The lowest BCUT2D eigenvalue weighted by Gasteiger charge is -2.09. The van der Waals surface area contributed by atoms with E-state index < -0.39 is 6.09 Å². The summed E-state index contributed by atoms with van der Waals surface area (Å²) in [6, 6.07) is 4.97. The number of hydrazine groups is 1. The third-order valence-corrected chi connectivity index (χ3v) is 1.95. The van der Waals surface area contributed by atoms with Crippen molar-refractivity contribution in [2.24, 2.45) is 0 Å². The Hall–Kier alpha value is -1.86. The minimum absolute atomic E-state index is 0.449. The van der Waals surface area contributed by atoms with Gasteiger partial charge in [0.2, 0.25) is 0 Å². The second-order valence-corrected chi connectivity index (χ2v) is 2.99. The van der Waals surface area contributed by atoms with Crippen molar-refractivity contribution < 1.29 is 9.53 Å². The van der Waals surface area contributed by atoms with E-state index in [0.29, 0.717) is 16.3 Å². The predicted molar refractivity (Wildman–Crippen MR) is 58.6 cm³/mol. The zero-order chi connectivity index (χ0) is 11.3. The van der Waals surface area contributed by atoms with Crippen molar-refractivity contribution in [1.82, 2.24) is 5.43 Å². The summed E-state index contributed by atoms with van der Waals surface area (Å²) in [5.74, 6) is 2.45. The van der Waals surface area contributed by atoms with Gasteiger partial charge in [0.1, 0.15) is 0 Å². The molecule has 0 saturated carbocycles. The van der Waals surface area contributed by atoms with Gasteiger partial charge in [0.05, 0.1) is 17.8 Å². The summed E-state index contributed by atoms with van der Waals surface area (Å²) < 4.78 is 4.37. The zero-order valence-corrected chi connectivity index (χ0v) is 8.76. The van der Waals surface area contributed by atoms with E-state index >= 15 is 0 Å². The number of amides is 1. The molecule has 0 fully saturated rings. The van der Waals surface area contributed by atoms with Gasteiger partial charge in [-0.3, -0.25) is 5.43 Å². The molecule has 1 amide bonds. The third kappa shape index (κ3) is 3.08. The van der Waals surface area contributed by atoms with E-state index in [9.17, 15) is 4.79 Å². The molecular weight excluding hydrogens is 216 g/mol. The molecule has 0 bridgehead atoms. The van der Waals surface area contributed by atoms with Gasteiger partial charge in [-0.25, -0.2) is 10.2 Å². The lowest BCUT2D eigenvalue weighted by atomic mass is 10.2. The molecule has 0 aliphatic carbocycles. The molecule has 15 heavy (non-hydrogen) atoms. The Kier molecular flexibility index (Phi) is 3.83. The van der Waals surface area contributed by atoms with E-state index in [1.54, 1.807) is 18.2 Å². The molecule has 1 aromatic carbocycles. The van der Waals surface area contributed by atoms with Crippen LogP contribution in [0.25, 0.3) is 0 Å². The van der Waals surface area contributed by atoms with Crippen molar-refractivity contribution >= 4 is 23.4 Å². The molecule has 4 nitrogen and oxygen atoms in total. The van der Waals surface area contributed by atoms with Crippen molar-refractivity contribution in [3.8, 4) is 12.3 Å². The minimum atomic E-state index is -0.614. The summed E-state index contributed by atoms with van der Waals surface area (Å²) in [6.45, 7) is 0. The monoisotopic (exact) mass is 224 g/mol. The van der Waals surface area contributed by atoms with Gasteiger partial charge in [-0.05, 0) is 18.2 Å². The van der Waals surface area contributed by atoms with Crippen LogP contribution in [0.1, 0.15) is 5.56 Å². The normalized spacial score (nSPS) is 8.87. The molecule has 0 saturated heterocycles. The Labute approximate surface area is 92.5 Å². The topological polar surface area (TPSA) is 50.4 Å². The highest BCUT2D eigenvalue weighted by atomic mass is 35.5. The first kappa shape index (κ1) is 11.2.